The van der Waals surface area contributed by atoms with Gasteiger partial charge in [-0.2, -0.15) is 0 Å². The normalized spacial score (nSPS) is 17.3. The van der Waals surface area contributed by atoms with Crippen LogP contribution >= 0.6 is 23.2 Å². The van der Waals surface area contributed by atoms with Gasteiger partial charge in [0.15, 0.2) is 0 Å². The van der Waals surface area contributed by atoms with Gasteiger partial charge < -0.3 is 5.11 Å². The number of benzene rings is 1. The monoisotopic (exact) mass is 315 g/mol. The molecule has 0 amide bonds. The molecule has 1 heterocycles. The van der Waals surface area contributed by atoms with E-state index in [9.17, 15) is 4.79 Å². The molecule has 0 aliphatic carbocycles. The van der Waals surface area contributed by atoms with Gasteiger partial charge in [0, 0.05) is 23.0 Å². The molecule has 20 heavy (non-hydrogen) atoms. The van der Waals surface area contributed by atoms with Gasteiger partial charge in [0.2, 0.25) is 0 Å². The fourth-order valence-corrected chi connectivity index (χ4v) is 3.29. The molecule has 1 saturated heterocycles. The number of halogens is 2. The number of hydrogen-bond donors (Lipinski definition) is 1. The summed E-state index contributed by atoms with van der Waals surface area (Å²) in [5, 5.41) is 10.0. The van der Waals surface area contributed by atoms with Crippen LogP contribution in [0.5, 0.6) is 0 Å². The Morgan fingerprint density at radius 1 is 1.20 bits per heavy atom. The zero-order valence-corrected chi connectivity index (χ0v) is 12.8. The van der Waals surface area contributed by atoms with Crippen LogP contribution in [-0.4, -0.2) is 29.1 Å². The minimum Gasteiger partial charge on any atom is -0.481 e. The van der Waals surface area contributed by atoms with Crippen LogP contribution in [0, 0.1) is 5.92 Å². The van der Waals surface area contributed by atoms with E-state index in [1.54, 1.807) is 6.07 Å². The van der Waals surface area contributed by atoms with Crippen LogP contribution in [0.25, 0.3) is 0 Å². The van der Waals surface area contributed by atoms with E-state index in [4.69, 9.17) is 28.3 Å². The van der Waals surface area contributed by atoms with Gasteiger partial charge in [-0.25, -0.2) is 0 Å². The Bertz CT molecular complexity index is 451. The molecule has 1 N–H and O–H groups in total. The minimum atomic E-state index is -0.694. The maximum absolute atomic E-state index is 10.6. The summed E-state index contributed by atoms with van der Waals surface area (Å²) in [5.74, 6) is -0.147. The Morgan fingerprint density at radius 2 is 1.80 bits per heavy atom. The number of aliphatic carboxylic acids is 1. The third-order valence-electron chi connectivity index (χ3n) is 3.80. The first-order valence-electron chi connectivity index (χ1n) is 6.92. The van der Waals surface area contributed by atoms with Crippen molar-refractivity contribution in [3.63, 3.8) is 0 Å². The summed E-state index contributed by atoms with van der Waals surface area (Å²) >= 11 is 12.0. The van der Waals surface area contributed by atoms with Crippen molar-refractivity contribution in [1.29, 1.82) is 0 Å². The Morgan fingerprint density at radius 3 is 2.35 bits per heavy atom. The van der Waals surface area contributed by atoms with Gasteiger partial charge in [-0.15, -0.1) is 0 Å². The summed E-state index contributed by atoms with van der Waals surface area (Å²) in [7, 11) is 0. The molecule has 0 atom stereocenters. The van der Waals surface area contributed by atoms with E-state index in [-0.39, 0.29) is 6.42 Å². The van der Waals surface area contributed by atoms with Crippen LogP contribution < -0.4 is 0 Å². The molecule has 0 spiro atoms. The number of nitrogens with zero attached hydrogens (tertiary/aromatic N) is 1. The van der Waals surface area contributed by atoms with Gasteiger partial charge in [-0.3, -0.25) is 9.69 Å². The first-order valence-corrected chi connectivity index (χ1v) is 7.67. The van der Waals surface area contributed by atoms with Crippen LogP contribution in [0.4, 0.5) is 0 Å². The van der Waals surface area contributed by atoms with Crippen molar-refractivity contribution >= 4 is 29.2 Å². The standard InChI is InChI=1S/C15H19Cl2NO2/c16-13-7-12(8-14(17)9-13)10-18-5-3-11(4-6-18)1-2-15(19)20/h7-9,11H,1-6,10H2,(H,19,20). The van der Waals surface area contributed by atoms with Crippen molar-refractivity contribution in [1.82, 2.24) is 4.90 Å². The summed E-state index contributed by atoms with van der Waals surface area (Å²) in [5.41, 5.74) is 1.13. The fraction of sp³-hybridized carbons (Fsp3) is 0.533. The van der Waals surface area contributed by atoms with Crippen LogP contribution in [0.2, 0.25) is 10.0 Å². The molecular formula is C15H19Cl2NO2. The van der Waals surface area contributed by atoms with Crippen molar-refractivity contribution < 1.29 is 9.90 Å². The zero-order valence-electron chi connectivity index (χ0n) is 11.3. The first kappa shape index (κ1) is 15.6. The van der Waals surface area contributed by atoms with E-state index in [1.807, 2.05) is 12.1 Å². The molecule has 1 aromatic rings. The Hall–Kier alpha value is -0.770. The Balaban J connectivity index is 1.80. The highest BCUT2D eigenvalue weighted by molar-refractivity contribution is 6.34. The molecule has 0 saturated carbocycles. The number of hydrogen-bond acceptors (Lipinski definition) is 2. The average Bonchev–Trinajstić information content (AvgIpc) is 2.36. The summed E-state index contributed by atoms with van der Waals surface area (Å²) in [4.78, 5) is 13.0. The maximum Gasteiger partial charge on any atom is 0.303 e. The number of rotatable bonds is 5. The van der Waals surface area contributed by atoms with Crippen LogP contribution in [0.3, 0.4) is 0 Å². The van der Waals surface area contributed by atoms with Crippen molar-refractivity contribution in [2.45, 2.75) is 32.2 Å². The van der Waals surface area contributed by atoms with Gasteiger partial charge in [0.05, 0.1) is 0 Å². The number of carboxylic acid groups (broad SMARTS) is 1. The second-order valence-corrected chi connectivity index (χ2v) is 6.30. The molecule has 1 aromatic carbocycles. The third-order valence-corrected chi connectivity index (χ3v) is 4.24. The van der Waals surface area contributed by atoms with Crippen molar-refractivity contribution in [3.8, 4) is 0 Å². The molecule has 0 bridgehead atoms. The summed E-state index contributed by atoms with van der Waals surface area (Å²) in [6.45, 7) is 2.87. The van der Waals surface area contributed by atoms with Crippen molar-refractivity contribution in [2.24, 2.45) is 5.92 Å². The molecule has 0 unspecified atom stereocenters. The highest BCUT2D eigenvalue weighted by atomic mass is 35.5. The van der Waals surface area contributed by atoms with Crippen LogP contribution in [0.15, 0.2) is 18.2 Å². The predicted molar refractivity (Wildman–Crippen MR) is 81.3 cm³/mol. The van der Waals surface area contributed by atoms with E-state index in [2.05, 4.69) is 4.90 Å². The molecule has 3 nitrogen and oxygen atoms in total. The molecule has 1 aliphatic heterocycles. The number of piperidine rings is 1. The number of carbonyl (C=O) groups is 1. The summed E-state index contributed by atoms with van der Waals surface area (Å²) in [6.07, 6.45) is 3.23. The summed E-state index contributed by atoms with van der Waals surface area (Å²) in [6, 6.07) is 5.64. The summed E-state index contributed by atoms with van der Waals surface area (Å²) < 4.78 is 0. The minimum absolute atomic E-state index is 0.286. The van der Waals surface area contributed by atoms with Crippen molar-refractivity contribution in [3.05, 3.63) is 33.8 Å². The Labute approximate surface area is 129 Å². The lowest BCUT2D eigenvalue weighted by molar-refractivity contribution is -0.137. The highest BCUT2D eigenvalue weighted by Crippen LogP contribution is 2.25. The molecule has 110 valence electrons. The average molecular weight is 316 g/mol. The lowest BCUT2D eigenvalue weighted by atomic mass is 9.92. The van der Waals surface area contributed by atoms with E-state index >= 15 is 0 Å². The number of carboxylic acids is 1. The molecule has 1 fully saturated rings. The van der Waals surface area contributed by atoms with Crippen LogP contribution in [0.1, 0.15) is 31.2 Å². The van der Waals surface area contributed by atoms with Gasteiger partial charge in [-0.05, 0) is 62.0 Å². The van der Waals surface area contributed by atoms with Gasteiger partial charge in [0.1, 0.15) is 0 Å². The van der Waals surface area contributed by atoms with Crippen molar-refractivity contribution in [2.75, 3.05) is 13.1 Å². The van der Waals surface area contributed by atoms with Crippen LogP contribution in [-0.2, 0) is 11.3 Å². The smallest absolute Gasteiger partial charge is 0.303 e. The lowest BCUT2D eigenvalue weighted by Gasteiger charge is -2.31. The molecule has 5 heteroatoms. The molecule has 0 radical (unpaired) electrons. The molecule has 1 aliphatic rings. The van der Waals surface area contributed by atoms with E-state index < -0.39 is 5.97 Å². The fourth-order valence-electron chi connectivity index (χ4n) is 2.72. The maximum atomic E-state index is 10.6. The topological polar surface area (TPSA) is 40.5 Å². The van der Waals surface area contributed by atoms with Gasteiger partial charge in [0.25, 0.3) is 0 Å². The quantitative estimate of drug-likeness (QED) is 0.890. The predicted octanol–water partition coefficient (Wildman–Crippen LogP) is 4.07. The molecule has 2 rings (SSSR count). The van der Waals surface area contributed by atoms with E-state index in [1.165, 1.54) is 0 Å². The number of likely N-dealkylation sites (tertiary alicyclic amines) is 1. The van der Waals surface area contributed by atoms with E-state index in [0.29, 0.717) is 16.0 Å². The van der Waals surface area contributed by atoms with Gasteiger partial charge >= 0.3 is 5.97 Å². The van der Waals surface area contributed by atoms with E-state index in [0.717, 1.165) is 44.5 Å². The Kier molecular flexibility index (Phi) is 5.70. The first-order chi connectivity index (χ1) is 9.52. The molecule has 0 aromatic heterocycles. The highest BCUT2D eigenvalue weighted by Gasteiger charge is 2.20. The second kappa shape index (κ2) is 7.30. The lowest BCUT2D eigenvalue weighted by Crippen LogP contribution is -2.33. The third kappa shape index (κ3) is 4.97. The second-order valence-electron chi connectivity index (χ2n) is 5.43. The largest absolute Gasteiger partial charge is 0.481 e. The molecular weight excluding hydrogens is 297 g/mol. The van der Waals surface area contributed by atoms with Gasteiger partial charge in [-0.1, -0.05) is 23.2 Å². The zero-order chi connectivity index (χ0) is 14.5. The SMILES string of the molecule is O=C(O)CCC1CCN(Cc2cc(Cl)cc(Cl)c2)CC1.